The van der Waals surface area contributed by atoms with Crippen LogP contribution in [0, 0.1) is 3.57 Å². The van der Waals surface area contributed by atoms with Gasteiger partial charge in [-0.05, 0) is 105 Å². The Kier molecular flexibility index (Phi) is 9.57. The van der Waals surface area contributed by atoms with Crippen molar-refractivity contribution in [2.75, 3.05) is 32.2 Å². The second kappa shape index (κ2) is 12.4. The number of anilines is 1. The van der Waals surface area contributed by atoms with Crippen molar-refractivity contribution in [3.63, 3.8) is 0 Å². The van der Waals surface area contributed by atoms with Crippen LogP contribution in [0.25, 0.3) is 6.08 Å². The van der Waals surface area contributed by atoms with E-state index in [1.807, 2.05) is 12.1 Å². The maximum Gasteiger partial charge on any atom is 0.343 e. The molecule has 2 aromatic carbocycles. The number of amides is 3. The number of halogens is 2. The second-order valence-electron chi connectivity index (χ2n) is 6.95. The Hall–Kier alpha value is -2.58. The highest BCUT2D eigenvalue weighted by Crippen LogP contribution is 2.39. The third kappa shape index (κ3) is 7.21. The number of nitrogens with zero attached hydrogens (tertiary/aromatic N) is 1. The number of carbonyl (C=O) groups is 4. The van der Waals surface area contributed by atoms with Crippen molar-refractivity contribution in [1.29, 1.82) is 0 Å². The van der Waals surface area contributed by atoms with Crippen molar-refractivity contribution < 1.29 is 33.4 Å². The van der Waals surface area contributed by atoms with Gasteiger partial charge in [0.05, 0.1) is 23.1 Å². The minimum Gasteiger partial charge on any atom is -0.490 e. The standard InChI is InChI=1S/C23H20BrIN2O7S/c1-3-33-17-9-13(8-16(24)21(17)34-12-20(29)32-2)10-18-22(30)27(23(31)35-18)11-19(28)26-15-6-4-14(25)5-7-15/h4-10H,3,11-12H2,1-2H3,(H,26,28)/b18-10-. The van der Waals surface area contributed by atoms with Crippen LogP contribution in [-0.4, -0.2) is 54.8 Å². The predicted molar refractivity (Wildman–Crippen MR) is 143 cm³/mol. The predicted octanol–water partition coefficient (Wildman–Crippen LogP) is 4.68. The molecule has 0 aliphatic carbocycles. The fourth-order valence-electron chi connectivity index (χ4n) is 2.93. The largest absolute Gasteiger partial charge is 0.490 e. The van der Waals surface area contributed by atoms with E-state index in [2.05, 4.69) is 48.6 Å². The van der Waals surface area contributed by atoms with Crippen molar-refractivity contribution >= 4 is 85.1 Å². The van der Waals surface area contributed by atoms with Crippen LogP contribution in [0.1, 0.15) is 12.5 Å². The van der Waals surface area contributed by atoms with Gasteiger partial charge in [-0.25, -0.2) is 4.79 Å². The van der Waals surface area contributed by atoms with Gasteiger partial charge < -0.3 is 19.5 Å². The van der Waals surface area contributed by atoms with Gasteiger partial charge in [0.2, 0.25) is 5.91 Å². The van der Waals surface area contributed by atoms with E-state index in [9.17, 15) is 19.2 Å². The molecule has 9 nitrogen and oxygen atoms in total. The first-order valence-electron chi connectivity index (χ1n) is 10.2. The zero-order valence-electron chi connectivity index (χ0n) is 18.6. The van der Waals surface area contributed by atoms with Gasteiger partial charge in [-0.2, -0.15) is 0 Å². The van der Waals surface area contributed by atoms with Gasteiger partial charge >= 0.3 is 5.97 Å². The molecular weight excluding hydrogens is 655 g/mol. The minimum absolute atomic E-state index is 0.162. The molecule has 0 bridgehead atoms. The van der Waals surface area contributed by atoms with Crippen molar-refractivity contribution in [3.8, 4) is 11.5 Å². The molecule has 12 heteroatoms. The number of esters is 1. The molecule has 0 aromatic heterocycles. The summed E-state index contributed by atoms with van der Waals surface area (Å²) in [6, 6.07) is 10.4. The summed E-state index contributed by atoms with van der Waals surface area (Å²) in [5.74, 6) is -0.966. The van der Waals surface area contributed by atoms with Crippen LogP contribution in [0.3, 0.4) is 0 Å². The molecule has 1 aliphatic rings. The van der Waals surface area contributed by atoms with Crippen LogP contribution < -0.4 is 14.8 Å². The lowest BCUT2D eigenvalue weighted by Gasteiger charge is -2.14. The Morgan fingerprint density at radius 2 is 1.89 bits per heavy atom. The summed E-state index contributed by atoms with van der Waals surface area (Å²) in [5, 5.41) is 2.13. The van der Waals surface area contributed by atoms with Crippen LogP contribution in [0.2, 0.25) is 0 Å². The lowest BCUT2D eigenvalue weighted by molar-refractivity contribution is -0.143. The molecule has 0 spiro atoms. The molecule has 184 valence electrons. The van der Waals surface area contributed by atoms with Crippen LogP contribution in [0.4, 0.5) is 10.5 Å². The lowest BCUT2D eigenvalue weighted by atomic mass is 10.2. The monoisotopic (exact) mass is 674 g/mol. The highest BCUT2D eigenvalue weighted by Gasteiger charge is 2.36. The fourth-order valence-corrected chi connectivity index (χ4v) is 4.70. The Bertz CT molecular complexity index is 1190. The maximum atomic E-state index is 12.8. The molecule has 2 aromatic rings. The van der Waals surface area contributed by atoms with Crippen LogP contribution in [0.15, 0.2) is 45.8 Å². The smallest absolute Gasteiger partial charge is 0.343 e. The number of benzene rings is 2. The SMILES string of the molecule is CCOc1cc(/C=C2\SC(=O)N(CC(=O)Nc3ccc(I)cc3)C2=O)cc(Br)c1OCC(=O)OC. The number of hydrogen-bond acceptors (Lipinski definition) is 8. The molecule has 0 atom stereocenters. The number of methoxy groups -OCH3 is 1. The molecule has 1 heterocycles. The summed E-state index contributed by atoms with van der Waals surface area (Å²) in [6.45, 7) is 1.41. The molecule has 3 amide bonds. The van der Waals surface area contributed by atoms with Crippen molar-refractivity contribution in [3.05, 3.63) is 54.9 Å². The molecule has 35 heavy (non-hydrogen) atoms. The maximum absolute atomic E-state index is 12.8. The fraction of sp³-hybridized carbons (Fsp3) is 0.217. The zero-order valence-corrected chi connectivity index (χ0v) is 23.2. The van der Waals surface area contributed by atoms with Gasteiger partial charge in [0, 0.05) is 9.26 Å². The Labute approximate surface area is 227 Å². The van der Waals surface area contributed by atoms with Gasteiger partial charge in [-0.3, -0.25) is 19.3 Å². The topological polar surface area (TPSA) is 111 Å². The van der Waals surface area contributed by atoms with Gasteiger partial charge in [0.15, 0.2) is 18.1 Å². The summed E-state index contributed by atoms with van der Waals surface area (Å²) >= 11 is 6.28. The average Bonchev–Trinajstić information content (AvgIpc) is 3.07. The van der Waals surface area contributed by atoms with Crippen LogP contribution in [-0.2, 0) is 19.1 Å². The third-order valence-corrected chi connectivity index (χ3v) is 6.71. The highest BCUT2D eigenvalue weighted by atomic mass is 127. The number of imide groups is 1. The van der Waals surface area contributed by atoms with E-state index in [0.29, 0.717) is 33.8 Å². The molecule has 0 unspecified atom stereocenters. The molecule has 1 saturated heterocycles. The minimum atomic E-state index is -0.571. The van der Waals surface area contributed by atoms with E-state index in [1.165, 1.54) is 13.2 Å². The first kappa shape index (κ1) is 27.0. The summed E-state index contributed by atoms with van der Waals surface area (Å²) < 4.78 is 17.2. The normalized spacial score (nSPS) is 14.3. The number of rotatable bonds is 9. The molecule has 1 N–H and O–H groups in total. The average molecular weight is 675 g/mol. The molecular formula is C23H20BrIN2O7S. The summed E-state index contributed by atoms with van der Waals surface area (Å²) in [5.41, 5.74) is 1.13. The molecule has 0 radical (unpaired) electrons. The van der Waals surface area contributed by atoms with Crippen molar-refractivity contribution in [1.82, 2.24) is 4.90 Å². The molecule has 3 rings (SSSR count). The molecule has 1 aliphatic heterocycles. The number of nitrogens with one attached hydrogen (secondary N) is 1. The number of thioether (sulfide) groups is 1. The number of hydrogen-bond donors (Lipinski definition) is 1. The van der Waals surface area contributed by atoms with Gasteiger partial charge in [0.1, 0.15) is 6.54 Å². The van der Waals surface area contributed by atoms with E-state index < -0.39 is 29.6 Å². The second-order valence-corrected chi connectivity index (χ2v) is 10.0. The number of carbonyl (C=O) groups excluding carboxylic acids is 4. The Morgan fingerprint density at radius 1 is 1.17 bits per heavy atom. The van der Waals surface area contributed by atoms with Crippen LogP contribution in [0.5, 0.6) is 11.5 Å². The van der Waals surface area contributed by atoms with E-state index in [4.69, 9.17) is 9.47 Å². The van der Waals surface area contributed by atoms with Crippen molar-refractivity contribution in [2.45, 2.75) is 6.92 Å². The third-order valence-electron chi connectivity index (χ3n) is 4.49. The van der Waals surface area contributed by atoms with Gasteiger partial charge in [0.25, 0.3) is 11.1 Å². The Morgan fingerprint density at radius 3 is 2.54 bits per heavy atom. The van der Waals surface area contributed by atoms with E-state index in [1.54, 1.807) is 31.2 Å². The molecule has 1 fully saturated rings. The molecule has 0 saturated carbocycles. The quantitative estimate of drug-likeness (QED) is 0.232. The Balaban J connectivity index is 1.75. The van der Waals surface area contributed by atoms with Gasteiger partial charge in [-0.1, -0.05) is 0 Å². The van der Waals surface area contributed by atoms with Gasteiger partial charge in [-0.15, -0.1) is 0 Å². The van der Waals surface area contributed by atoms with E-state index >= 15 is 0 Å². The summed E-state index contributed by atoms with van der Waals surface area (Å²) in [7, 11) is 1.26. The van der Waals surface area contributed by atoms with E-state index in [0.717, 1.165) is 20.2 Å². The highest BCUT2D eigenvalue weighted by molar-refractivity contribution is 14.1. The van der Waals surface area contributed by atoms with Crippen LogP contribution >= 0.6 is 50.3 Å². The summed E-state index contributed by atoms with van der Waals surface area (Å²) in [4.78, 5) is 50.1. The zero-order chi connectivity index (χ0) is 25.5. The lowest BCUT2D eigenvalue weighted by Crippen LogP contribution is -2.36. The van der Waals surface area contributed by atoms with E-state index in [-0.39, 0.29) is 11.5 Å². The summed E-state index contributed by atoms with van der Waals surface area (Å²) in [6.07, 6.45) is 1.53. The number of ether oxygens (including phenoxy) is 3. The first-order valence-corrected chi connectivity index (χ1v) is 12.9. The first-order chi connectivity index (χ1) is 16.7. The van der Waals surface area contributed by atoms with Crippen molar-refractivity contribution in [2.24, 2.45) is 0 Å².